The standard InChI is InChI=1S/C17H17FN4/c18-16-5-3-14(4-6-16)17-15(12-21-22-17)11-20-9-7-13-2-1-8-19-10-13/h1-6,8,10,12,20H,7,9,11H2,(H,21,22). The maximum absolute atomic E-state index is 13.0. The Morgan fingerprint density at radius 3 is 2.73 bits per heavy atom. The number of halogens is 1. The van der Waals surface area contributed by atoms with Crippen LogP contribution in [0.5, 0.6) is 0 Å². The van der Waals surface area contributed by atoms with Gasteiger partial charge in [-0.1, -0.05) is 6.07 Å². The number of benzene rings is 1. The Hall–Kier alpha value is -2.53. The molecule has 0 spiro atoms. The van der Waals surface area contributed by atoms with Gasteiger partial charge in [0.2, 0.25) is 0 Å². The van der Waals surface area contributed by atoms with E-state index in [1.54, 1.807) is 24.5 Å². The SMILES string of the molecule is Fc1ccc(-c2[nH]ncc2CNCCc2cccnc2)cc1. The quantitative estimate of drug-likeness (QED) is 0.688. The summed E-state index contributed by atoms with van der Waals surface area (Å²) in [7, 11) is 0. The fraction of sp³-hybridized carbons (Fsp3) is 0.176. The Bertz CT molecular complexity index is 707. The van der Waals surface area contributed by atoms with E-state index in [2.05, 4.69) is 26.6 Å². The van der Waals surface area contributed by atoms with E-state index in [1.165, 1.54) is 17.7 Å². The van der Waals surface area contributed by atoms with E-state index in [-0.39, 0.29) is 5.82 Å². The van der Waals surface area contributed by atoms with Crippen molar-refractivity contribution in [1.29, 1.82) is 0 Å². The van der Waals surface area contributed by atoms with Gasteiger partial charge < -0.3 is 5.32 Å². The van der Waals surface area contributed by atoms with Crippen LogP contribution in [-0.2, 0) is 13.0 Å². The number of hydrogen-bond donors (Lipinski definition) is 2. The van der Waals surface area contributed by atoms with Crippen molar-refractivity contribution in [2.75, 3.05) is 6.54 Å². The van der Waals surface area contributed by atoms with Gasteiger partial charge in [-0.15, -0.1) is 0 Å². The van der Waals surface area contributed by atoms with Crippen molar-refractivity contribution in [2.24, 2.45) is 0 Å². The molecular weight excluding hydrogens is 279 g/mol. The minimum absolute atomic E-state index is 0.237. The molecule has 5 heteroatoms. The van der Waals surface area contributed by atoms with Crippen LogP contribution in [0.4, 0.5) is 4.39 Å². The van der Waals surface area contributed by atoms with Crippen LogP contribution < -0.4 is 5.32 Å². The number of rotatable bonds is 6. The minimum Gasteiger partial charge on any atom is -0.312 e. The van der Waals surface area contributed by atoms with Gasteiger partial charge in [0.15, 0.2) is 0 Å². The van der Waals surface area contributed by atoms with Crippen LogP contribution in [0.15, 0.2) is 55.0 Å². The van der Waals surface area contributed by atoms with E-state index in [1.807, 2.05) is 12.3 Å². The summed E-state index contributed by atoms with van der Waals surface area (Å²) in [5.74, 6) is -0.237. The van der Waals surface area contributed by atoms with Crippen LogP contribution in [0, 0.1) is 5.82 Å². The number of aromatic nitrogens is 3. The molecule has 0 fully saturated rings. The topological polar surface area (TPSA) is 53.6 Å². The maximum atomic E-state index is 13.0. The van der Waals surface area contributed by atoms with E-state index in [9.17, 15) is 4.39 Å². The molecule has 2 N–H and O–H groups in total. The zero-order valence-corrected chi connectivity index (χ0v) is 12.1. The van der Waals surface area contributed by atoms with Crippen LogP contribution in [0.1, 0.15) is 11.1 Å². The normalized spacial score (nSPS) is 10.8. The molecule has 0 bridgehead atoms. The van der Waals surface area contributed by atoms with Crippen molar-refractivity contribution in [3.8, 4) is 11.3 Å². The summed E-state index contributed by atoms with van der Waals surface area (Å²) in [5.41, 5.74) is 4.13. The van der Waals surface area contributed by atoms with E-state index < -0.39 is 0 Å². The lowest BCUT2D eigenvalue weighted by molar-refractivity contribution is 0.628. The lowest BCUT2D eigenvalue weighted by Gasteiger charge is -2.06. The predicted octanol–water partition coefficient (Wildman–Crippen LogP) is 2.94. The van der Waals surface area contributed by atoms with E-state index in [4.69, 9.17) is 0 Å². The van der Waals surface area contributed by atoms with Crippen LogP contribution in [0.2, 0.25) is 0 Å². The molecule has 0 atom stereocenters. The highest BCUT2D eigenvalue weighted by atomic mass is 19.1. The summed E-state index contributed by atoms with van der Waals surface area (Å²) in [6.45, 7) is 1.57. The van der Waals surface area contributed by atoms with Gasteiger partial charge in [0.25, 0.3) is 0 Å². The highest BCUT2D eigenvalue weighted by Gasteiger charge is 2.07. The third-order valence-corrected chi connectivity index (χ3v) is 3.48. The van der Waals surface area contributed by atoms with Gasteiger partial charge in [0, 0.05) is 30.1 Å². The summed E-state index contributed by atoms with van der Waals surface area (Å²) >= 11 is 0. The second kappa shape index (κ2) is 6.95. The molecule has 112 valence electrons. The second-order valence-corrected chi connectivity index (χ2v) is 5.07. The first kappa shape index (κ1) is 14.4. The number of pyridine rings is 1. The molecule has 2 heterocycles. The van der Waals surface area contributed by atoms with Crippen LogP contribution in [0.25, 0.3) is 11.3 Å². The average Bonchev–Trinajstić information content (AvgIpc) is 3.02. The van der Waals surface area contributed by atoms with Crippen molar-refractivity contribution >= 4 is 0 Å². The Morgan fingerprint density at radius 2 is 1.95 bits per heavy atom. The zero-order valence-electron chi connectivity index (χ0n) is 12.1. The number of nitrogens with zero attached hydrogens (tertiary/aromatic N) is 2. The van der Waals surface area contributed by atoms with Gasteiger partial charge in [0.05, 0.1) is 11.9 Å². The number of hydrogen-bond acceptors (Lipinski definition) is 3. The molecule has 3 rings (SSSR count). The van der Waals surface area contributed by atoms with Gasteiger partial charge in [-0.25, -0.2) is 4.39 Å². The van der Waals surface area contributed by atoms with Crippen LogP contribution in [-0.4, -0.2) is 21.7 Å². The molecule has 2 aromatic heterocycles. The van der Waals surface area contributed by atoms with E-state index in [0.29, 0.717) is 6.54 Å². The van der Waals surface area contributed by atoms with Crippen molar-refractivity contribution in [1.82, 2.24) is 20.5 Å². The molecule has 0 saturated carbocycles. The first-order valence-electron chi connectivity index (χ1n) is 7.21. The van der Waals surface area contributed by atoms with Gasteiger partial charge in [-0.2, -0.15) is 5.10 Å². The third-order valence-electron chi connectivity index (χ3n) is 3.48. The average molecular weight is 296 g/mol. The fourth-order valence-electron chi connectivity index (χ4n) is 2.31. The molecule has 3 aromatic rings. The first-order valence-corrected chi connectivity index (χ1v) is 7.21. The summed E-state index contributed by atoms with van der Waals surface area (Å²) in [5, 5.41) is 10.5. The Labute approximate surface area is 128 Å². The highest BCUT2D eigenvalue weighted by Crippen LogP contribution is 2.21. The molecular formula is C17H17FN4. The first-order chi connectivity index (χ1) is 10.8. The summed E-state index contributed by atoms with van der Waals surface area (Å²) in [4.78, 5) is 4.10. The Kier molecular flexibility index (Phi) is 4.56. The van der Waals surface area contributed by atoms with Crippen molar-refractivity contribution in [3.63, 3.8) is 0 Å². The Balaban J connectivity index is 1.57. The molecule has 22 heavy (non-hydrogen) atoms. The molecule has 0 aliphatic heterocycles. The molecule has 0 unspecified atom stereocenters. The molecule has 4 nitrogen and oxygen atoms in total. The smallest absolute Gasteiger partial charge is 0.123 e. The molecule has 1 aromatic carbocycles. The monoisotopic (exact) mass is 296 g/mol. The molecule has 0 saturated heterocycles. The lowest BCUT2D eigenvalue weighted by Crippen LogP contribution is -2.16. The third kappa shape index (κ3) is 3.56. The van der Waals surface area contributed by atoms with E-state index in [0.717, 1.165) is 29.8 Å². The summed E-state index contributed by atoms with van der Waals surface area (Å²) in [6.07, 6.45) is 6.38. The highest BCUT2D eigenvalue weighted by molar-refractivity contribution is 5.62. The largest absolute Gasteiger partial charge is 0.312 e. The summed E-state index contributed by atoms with van der Waals surface area (Å²) in [6, 6.07) is 10.4. The number of H-pyrrole nitrogens is 1. The van der Waals surface area contributed by atoms with Gasteiger partial charge in [0.1, 0.15) is 5.82 Å². The minimum atomic E-state index is -0.237. The fourth-order valence-corrected chi connectivity index (χ4v) is 2.31. The molecule has 0 radical (unpaired) electrons. The molecule has 0 aliphatic carbocycles. The van der Waals surface area contributed by atoms with E-state index >= 15 is 0 Å². The van der Waals surface area contributed by atoms with Crippen molar-refractivity contribution in [3.05, 3.63) is 71.9 Å². The van der Waals surface area contributed by atoms with Crippen molar-refractivity contribution < 1.29 is 4.39 Å². The van der Waals surface area contributed by atoms with Crippen LogP contribution in [0.3, 0.4) is 0 Å². The molecule has 0 aliphatic rings. The summed E-state index contributed by atoms with van der Waals surface area (Å²) < 4.78 is 13.0. The Morgan fingerprint density at radius 1 is 1.09 bits per heavy atom. The van der Waals surface area contributed by atoms with Gasteiger partial charge >= 0.3 is 0 Å². The zero-order chi connectivity index (χ0) is 15.2. The number of aromatic amines is 1. The lowest BCUT2D eigenvalue weighted by atomic mass is 10.1. The second-order valence-electron chi connectivity index (χ2n) is 5.07. The van der Waals surface area contributed by atoms with Gasteiger partial charge in [-0.3, -0.25) is 10.1 Å². The molecule has 0 amide bonds. The van der Waals surface area contributed by atoms with Crippen molar-refractivity contribution in [2.45, 2.75) is 13.0 Å². The maximum Gasteiger partial charge on any atom is 0.123 e. The van der Waals surface area contributed by atoms with Gasteiger partial charge in [-0.05, 0) is 48.9 Å². The number of nitrogens with one attached hydrogen (secondary N) is 2. The predicted molar refractivity (Wildman–Crippen MR) is 83.6 cm³/mol. The van der Waals surface area contributed by atoms with Crippen LogP contribution >= 0.6 is 0 Å².